The van der Waals surface area contributed by atoms with E-state index in [0.717, 1.165) is 5.57 Å². The molecule has 0 spiro atoms. The molecule has 1 fully saturated rings. The van der Waals surface area contributed by atoms with Crippen LogP contribution in [-0.2, 0) is 9.53 Å². The summed E-state index contributed by atoms with van der Waals surface area (Å²) < 4.78 is 6.22. The predicted octanol–water partition coefficient (Wildman–Crippen LogP) is 2.44. The van der Waals surface area contributed by atoms with Gasteiger partial charge in [-0.25, -0.2) is 4.79 Å². The number of ether oxygens (including phenoxy) is 1. The number of rotatable bonds is 3. The summed E-state index contributed by atoms with van der Waals surface area (Å²) in [5.74, 6) is -1.26. The normalized spacial score (nSPS) is 33.8. The average Bonchev–Trinajstić information content (AvgIpc) is 2.57. The fourth-order valence-corrected chi connectivity index (χ4v) is 4.31. The van der Waals surface area contributed by atoms with E-state index in [0.29, 0.717) is 18.4 Å². The molecule has 0 unspecified atom stereocenters. The van der Waals surface area contributed by atoms with Crippen LogP contribution in [0.15, 0.2) is 35.9 Å². The fraction of sp³-hybridized carbons (Fsp3) is 0.500. The quantitative estimate of drug-likeness (QED) is 0.721. The largest absolute Gasteiger partial charge is 0.478 e. The lowest BCUT2D eigenvalue weighted by atomic mass is 9.68. The van der Waals surface area contributed by atoms with E-state index in [2.05, 4.69) is 5.32 Å². The Bertz CT molecular complexity index is 758. The summed E-state index contributed by atoms with van der Waals surface area (Å²) in [5.41, 5.74) is 0.972. The van der Waals surface area contributed by atoms with Crippen LogP contribution < -0.4 is 5.32 Å². The Kier molecular flexibility index (Phi) is 4.90. The molecule has 140 valence electrons. The van der Waals surface area contributed by atoms with Gasteiger partial charge in [0.2, 0.25) is 5.91 Å². The molecule has 6 heteroatoms. The van der Waals surface area contributed by atoms with Gasteiger partial charge < -0.3 is 20.3 Å². The number of benzene rings is 1. The maximum absolute atomic E-state index is 11.8. The molecule has 1 aromatic rings. The third-order valence-corrected chi connectivity index (χ3v) is 5.62. The summed E-state index contributed by atoms with van der Waals surface area (Å²) in [7, 11) is 0. The average molecular weight is 359 g/mol. The smallest absolute Gasteiger partial charge is 0.336 e. The van der Waals surface area contributed by atoms with Crippen LogP contribution in [0, 0.1) is 5.92 Å². The molecule has 3 N–H and O–H groups in total. The molecule has 1 aromatic carbocycles. The van der Waals surface area contributed by atoms with Gasteiger partial charge in [-0.2, -0.15) is 0 Å². The number of carboxylic acid groups (broad SMARTS) is 1. The number of amides is 1. The lowest BCUT2D eigenvalue weighted by Crippen LogP contribution is -2.62. The van der Waals surface area contributed by atoms with Crippen LogP contribution in [0.3, 0.4) is 0 Å². The standard InChI is InChI=1S/C20H25NO5/c1-11-8-9-15-18(17(11)23)26-16(10-20(15,3)21-12(2)22)13-6-4-5-7-14(13)19(24)25/h4-8,15-18,23H,9-10H2,1-3H3,(H,21,22)(H,24,25)/t15-,16+,17-,18-,20+/m1/s1. The monoisotopic (exact) mass is 359 g/mol. The van der Waals surface area contributed by atoms with Crippen molar-refractivity contribution in [3.8, 4) is 0 Å². The third kappa shape index (κ3) is 3.27. The summed E-state index contributed by atoms with van der Waals surface area (Å²) in [6.07, 6.45) is 1.32. The van der Waals surface area contributed by atoms with Crippen molar-refractivity contribution in [2.75, 3.05) is 0 Å². The number of nitrogens with one attached hydrogen (secondary N) is 1. The Balaban J connectivity index is 2.03. The molecular formula is C20H25NO5. The van der Waals surface area contributed by atoms with E-state index in [4.69, 9.17) is 4.74 Å². The van der Waals surface area contributed by atoms with E-state index < -0.39 is 29.8 Å². The SMILES string of the molecule is CC(=O)N[C@@]1(C)C[C@@H](c2ccccc2C(=O)O)O[C@H]2[C@H](O)C(C)=CC[C@H]21. The van der Waals surface area contributed by atoms with Crippen molar-refractivity contribution in [3.05, 3.63) is 47.0 Å². The molecule has 0 bridgehead atoms. The second kappa shape index (κ2) is 6.85. The highest BCUT2D eigenvalue weighted by atomic mass is 16.5. The highest BCUT2D eigenvalue weighted by Crippen LogP contribution is 2.47. The van der Waals surface area contributed by atoms with E-state index in [1.165, 1.54) is 6.92 Å². The molecule has 1 saturated heterocycles. The van der Waals surface area contributed by atoms with E-state index in [1.54, 1.807) is 24.3 Å². The zero-order valence-electron chi connectivity index (χ0n) is 15.2. The second-order valence-corrected chi connectivity index (χ2v) is 7.52. The number of carbonyl (C=O) groups excluding carboxylic acids is 1. The lowest BCUT2D eigenvalue weighted by Gasteiger charge is -2.52. The van der Waals surface area contributed by atoms with Gasteiger partial charge in [0, 0.05) is 24.8 Å². The first-order valence-corrected chi connectivity index (χ1v) is 8.84. The minimum atomic E-state index is -1.02. The van der Waals surface area contributed by atoms with Crippen LogP contribution >= 0.6 is 0 Å². The summed E-state index contributed by atoms with van der Waals surface area (Å²) >= 11 is 0. The first kappa shape index (κ1) is 18.6. The minimum Gasteiger partial charge on any atom is -0.478 e. The molecule has 0 radical (unpaired) electrons. The Hall–Kier alpha value is -2.18. The van der Waals surface area contributed by atoms with Gasteiger partial charge >= 0.3 is 5.97 Å². The zero-order valence-corrected chi connectivity index (χ0v) is 15.2. The fourth-order valence-electron chi connectivity index (χ4n) is 4.31. The van der Waals surface area contributed by atoms with E-state index >= 15 is 0 Å². The number of carboxylic acids is 1. The van der Waals surface area contributed by atoms with Crippen molar-refractivity contribution in [3.63, 3.8) is 0 Å². The van der Waals surface area contributed by atoms with Crippen LogP contribution in [0.5, 0.6) is 0 Å². The first-order valence-electron chi connectivity index (χ1n) is 8.84. The van der Waals surface area contributed by atoms with Crippen molar-refractivity contribution in [2.24, 2.45) is 5.92 Å². The van der Waals surface area contributed by atoms with Crippen molar-refractivity contribution >= 4 is 11.9 Å². The number of hydrogen-bond donors (Lipinski definition) is 3. The summed E-state index contributed by atoms with van der Waals surface area (Å²) in [6.45, 7) is 5.28. The molecule has 1 amide bonds. The molecule has 0 aromatic heterocycles. The van der Waals surface area contributed by atoms with Crippen LogP contribution in [0.25, 0.3) is 0 Å². The van der Waals surface area contributed by atoms with Crippen molar-refractivity contribution in [2.45, 2.75) is 57.5 Å². The Morgan fingerprint density at radius 1 is 1.31 bits per heavy atom. The number of fused-ring (bicyclic) bond motifs is 1. The molecule has 6 nitrogen and oxygen atoms in total. The van der Waals surface area contributed by atoms with Gasteiger partial charge in [-0.1, -0.05) is 24.3 Å². The second-order valence-electron chi connectivity index (χ2n) is 7.52. The predicted molar refractivity (Wildman–Crippen MR) is 95.7 cm³/mol. The lowest BCUT2D eigenvalue weighted by molar-refractivity contribution is -0.165. The Morgan fingerprint density at radius 3 is 2.65 bits per heavy atom. The molecule has 1 aliphatic carbocycles. The molecular weight excluding hydrogens is 334 g/mol. The summed E-state index contributed by atoms with van der Waals surface area (Å²) in [4.78, 5) is 23.5. The van der Waals surface area contributed by atoms with Crippen LogP contribution in [0.1, 0.15) is 55.6 Å². The van der Waals surface area contributed by atoms with Crippen molar-refractivity contribution in [1.82, 2.24) is 5.32 Å². The van der Waals surface area contributed by atoms with Crippen LogP contribution in [-0.4, -0.2) is 39.8 Å². The molecule has 0 saturated carbocycles. The maximum Gasteiger partial charge on any atom is 0.336 e. The van der Waals surface area contributed by atoms with Gasteiger partial charge in [0.05, 0.1) is 17.8 Å². The van der Waals surface area contributed by atoms with Gasteiger partial charge in [-0.3, -0.25) is 4.79 Å². The van der Waals surface area contributed by atoms with Gasteiger partial charge in [-0.05, 0) is 37.5 Å². The first-order chi connectivity index (χ1) is 12.2. The molecule has 2 aliphatic rings. The summed E-state index contributed by atoms with van der Waals surface area (Å²) in [6, 6.07) is 6.73. The van der Waals surface area contributed by atoms with Crippen LogP contribution in [0.4, 0.5) is 0 Å². The number of aliphatic hydroxyl groups is 1. The van der Waals surface area contributed by atoms with Crippen LogP contribution in [0.2, 0.25) is 0 Å². The minimum absolute atomic E-state index is 0.0849. The topological polar surface area (TPSA) is 95.9 Å². The Morgan fingerprint density at radius 2 is 2.00 bits per heavy atom. The third-order valence-electron chi connectivity index (χ3n) is 5.62. The molecule has 26 heavy (non-hydrogen) atoms. The summed E-state index contributed by atoms with van der Waals surface area (Å²) in [5, 5.41) is 23.2. The molecule has 1 aliphatic heterocycles. The highest BCUT2D eigenvalue weighted by Gasteiger charge is 2.51. The number of aromatic carboxylic acids is 1. The Labute approximate surface area is 152 Å². The zero-order chi connectivity index (χ0) is 19.1. The number of aliphatic hydroxyl groups excluding tert-OH is 1. The number of carbonyl (C=O) groups is 2. The molecule has 5 atom stereocenters. The van der Waals surface area contributed by atoms with Crippen molar-refractivity contribution in [1.29, 1.82) is 0 Å². The van der Waals surface area contributed by atoms with E-state index in [1.807, 2.05) is 19.9 Å². The van der Waals surface area contributed by atoms with E-state index in [9.17, 15) is 19.8 Å². The molecule has 1 heterocycles. The van der Waals surface area contributed by atoms with E-state index in [-0.39, 0.29) is 17.4 Å². The maximum atomic E-state index is 11.8. The van der Waals surface area contributed by atoms with Gasteiger partial charge in [0.15, 0.2) is 0 Å². The number of allylic oxidation sites excluding steroid dienone is 1. The van der Waals surface area contributed by atoms with Gasteiger partial charge in [0.25, 0.3) is 0 Å². The number of hydrogen-bond acceptors (Lipinski definition) is 4. The van der Waals surface area contributed by atoms with Gasteiger partial charge in [0.1, 0.15) is 6.10 Å². The van der Waals surface area contributed by atoms with Crippen molar-refractivity contribution < 1.29 is 24.5 Å². The highest BCUT2D eigenvalue weighted by molar-refractivity contribution is 5.89. The van der Waals surface area contributed by atoms with Gasteiger partial charge in [-0.15, -0.1) is 0 Å². The molecule has 3 rings (SSSR count).